The smallest absolute Gasteiger partial charge is 0.0396 e. The highest BCUT2D eigenvalue weighted by Crippen LogP contribution is 2.19. The Kier molecular flexibility index (Phi) is 4.63. The number of anilines is 1. The van der Waals surface area contributed by atoms with Crippen LogP contribution in [0.4, 0.5) is 5.69 Å². The van der Waals surface area contributed by atoms with Crippen LogP contribution < -0.4 is 10.2 Å². The standard InChI is InChI=1S/C13H22N2/c1-5-14-10-12(3)15(4)13-9-7-6-8-11(13)2/h6-9,12,14H,5,10H2,1-4H3. The molecule has 2 nitrogen and oxygen atoms in total. The van der Waals surface area contributed by atoms with E-state index in [1.807, 2.05) is 0 Å². The molecule has 1 rings (SSSR count). The molecule has 1 aromatic carbocycles. The molecular weight excluding hydrogens is 184 g/mol. The molecule has 0 aliphatic carbocycles. The normalized spacial score (nSPS) is 12.5. The first-order chi connectivity index (χ1) is 7.16. The molecule has 0 radical (unpaired) electrons. The van der Waals surface area contributed by atoms with Crippen LogP contribution in [-0.4, -0.2) is 26.2 Å². The third-order valence-corrected chi connectivity index (χ3v) is 2.85. The van der Waals surface area contributed by atoms with Gasteiger partial charge in [0, 0.05) is 25.3 Å². The van der Waals surface area contributed by atoms with Crippen LogP contribution >= 0.6 is 0 Å². The minimum absolute atomic E-state index is 0.519. The van der Waals surface area contributed by atoms with E-state index in [-0.39, 0.29) is 0 Å². The molecule has 0 bridgehead atoms. The SMILES string of the molecule is CCNCC(C)N(C)c1ccccc1C. The summed E-state index contributed by atoms with van der Waals surface area (Å²) < 4.78 is 0. The number of rotatable bonds is 5. The van der Waals surface area contributed by atoms with E-state index < -0.39 is 0 Å². The number of nitrogens with one attached hydrogen (secondary N) is 1. The van der Waals surface area contributed by atoms with Crippen LogP contribution in [0, 0.1) is 6.92 Å². The van der Waals surface area contributed by atoms with E-state index in [4.69, 9.17) is 0 Å². The molecule has 1 unspecified atom stereocenters. The number of hydrogen-bond acceptors (Lipinski definition) is 2. The molecule has 1 aromatic rings. The van der Waals surface area contributed by atoms with Crippen molar-refractivity contribution >= 4 is 5.69 Å². The summed E-state index contributed by atoms with van der Waals surface area (Å²) >= 11 is 0. The summed E-state index contributed by atoms with van der Waals surface area (Å²) in [5, 5.41) is 3.38. The van der Waals surface area contributed by atoms with Gasteiger partial charge in [-0.3, -0.25) is 0 Å². The second-order valence-electron chi connectivity index (χ2n) is 4.05. The molecule has 1 atom stereocenters. The van der Waals surface area contributed by atoms with Gasteiger partial charge in [-0.15, -0.1) is 0 Å². The van der Waals surface area contributed by atoms with Crippen LogP contribution in [0.2, 0.25) is 0 Å². The van der Waals surface area contributed by atoms with Crippen molar-refractivity contribution in [2.24, 2.45) is 0 Å². The lowest BCUT2D eigenvalue weighted by molar-refractivity contribution is 0.599. The minimum Gasteiger partial charge on any atom is -0.370 e. The lowest BCUT2D eigenvalue weighted by Crippen LogP contribution is -2.38. The van der Waals surface area contributed by atoms with Crippen molar-refractivity contribution in [2.45, 2.75) is 26.8 Å². The van der Waals surface area contributed by atoms with Gasteiger partial charge in [0.1, 0.15) is 0 Å². The minimum atomic E-state index is 0.519. The Morgan fingerprint density at radius 2 is 2.00 bits per heavy atom. The molecule has 0 aliphatic heterocycles. The van der Waals surface area contributed by atoms with E-state index >= 15 is 0 Å². The number of benzene rings is 1. The summed E-state index contributed by atoms with van der Waals surface area (Å²) in [5.74, 6) is 0. The highest BCUT2D eigenvalue weighted by Gasteiger charge is 2.10. The van der Waals surface area contributed by atoms with Gasteiger partial charge in [-0.1, -0.05) is 25.1 Å². The Hall–Kier alpha value is -1.02. The molecule has 2 heteroatoms. The van der Waals surface area contributed by atoms with Crippen LogP contribution in [0.5, 0.6) is 0 Å². The first kappa shape index (κ1) is 12.1. The van der Waals surface area contributed by atoms with Gasteiger partial charge in [0.2, 0.25) is 0 Å². The zero-order chi connectivity index (χ0) is 11.3. The molecule has 0 spiro atoms. The first-order valence-corrected chi connectivity index (χ1v) is 5.66. The van der Waals surface area contributed by atoms with Crippen molar-refractivity contribution in [3.63, 3.8) is 0 Å². The van der Waals surface area contributed by atoms with E-state index in [0.717, 1.165) is 13.1 Å². The zero-order valence-electron chi connectivity index (χ0n) is 10.2. The van der Waals surface area contributed by atoms with Gasteiger partial charge in [-0.2, -0.15) is 0 Å². The van der Waals surface area contributed by atoms with Crippen LogP contribution in [0.25, 0.3) is 0 Å². The Bertz CT molecular complexity index is 296. The number of para-hydroxylation sites is 1. The highest BCUT2D eigenvalue weighted by atomic mass is 15.1. The fourth-order valence-corrected chi connectivity index (χ4v) is 1.69. The average Bonchev–Trinajstić information content (AvgIpc) is 2.25. The summed E-state index contributed by atoms with van der Waals surface area (Å²) in [6.45, 7) is 8.61. The maximum atomic E-state index is 3.38. The Balaban J connectivity index is 2.67. The predicted octanol–water partition coefficient (Wildman–Crippen LogP) is 2.43. The Labute approximate surface area is 93.3 Å². The number of aryl methyl sites for hydroxylation is 1. The van der Waals surface area contributed by atoms with Gasteiger partial charge in [0.05, 0.1) is 0 Å². The Morgan fingerprint density at radius 1 is 1.33 bits per heavy atom. The molecule has 15 heavy (non-hydrogen) atoms. The lowest BCUT2D eigenvalue weighted by atomic mass is 10.1. The molecule has 0 aromatic heterocycles. The molecule has 0 saturated carbocycles. The maximum Gasteiger partial charge on any atom is 0.0396 e. The number of likely N-dealkylation sites (N-methyl/N-ethyl adjacent to an activating group) is 2. The first-order valence-electron chi connectivity index (χ1n) is 5.66. The summed E-state index contributed by atoms with van der Waals surface area (Å²) in [4.78, 5) is 2.33. The molecule has 84 valence electrons. The monoisotopic (exact) mass is 206 g/mol. The fourth-order valence-electron chi connectivity index (χ4n) is 1.69. The summed E-state index contributed by atoms with van der Waals surface area (Å²) in [5.41, 5.74) is 2.66. The zero-order valence-corrected chi connectivity index (χ0v) is 10.2. The predicted molar refractivity (Wildman–Crippen MR) is 67.6 cm³/mol. The van der Waals surface area contributed by atoms with Crippen LogP contribution in [0.15, 0.2) is 24.3 Å². The van der Waals surface area contributed by atoms with E-state index in [2.05, 4.69) is 62.3 Å². The van der Waals surface area contributed by atoms with Crippen molar-refractivity contribution in [1.29, 1.82) is 0 Å². The van der Waals surface area contributed by atoms with Crippen molar-refractivity contribution in [1.82, 2.24) is 5.32 Å². The van der Waals surface area contributed by atoms with Gasteiger partial charge in [0.25, 0.3) is 0 Å². The molecular formula is C13H22N2. The van der Waals surface area contributed by atoms with Crippen molar-refractivity contribution in [3.05, 3.63) is 29.8 Å². The Morgan fingerprint density at radius 3 is 2.60 bits per heavy atom. The molecule has 0 aliphatic rings. The molecule has 0 amide bonds. The molecule has 0 saturated heterocycles. The quantitative estimate of drug-likeness (QED) is 0.796. The maximum absolute atomic E-state index is 3.38. The van der Waals surface area contributed by atoms with Crippen LogP contribution in [-0.2, 0) is 0 Å². The number of hydrogen-bond donors (Lipinski definition) is 1. The number of nitrogens with zero attached hydrogens (tertiary/aromatic N) is 1. The van der Waals surface area contributed by atoms with Gasteiger partial charge < -0.3 is 10.2 Å². The molecule has 0 fully saturated rings. The van der Waals surface area contributed by atoms with Gasteiger partial charge in [0.15, 0.2) is 0 Å². The van der Waals surface area contributed by atoms with Gasteiger partial charge >= 0.3 is 0 Å². The summed E-state index contributed by atoms with van der Waals surface area (Å²) in [6, 6.07) is 9.04. The van der Waals surface area contributed by atoms with E-state index in [9.17, 15) is 0 Å². The van der Waals surface area contributed by atoms with Crippen molar-refractivity contribution in [3.8, 4) is 0 Å². The van der Waals surface area contributed by atoms with E-state index in [0.29, 0.717) is 6.04 Å². The third kappa shape index (κ3) is 3.24. The van der Waals surface area contributed by atoms with Gasteiger partial charge in [-0.05, 0) is 32.0 Å². The second-order valence-corrected chi connectivity index (χ2v) is 4.05. The van der Waals surface area contributed by atoms with Crippen molar-refractivity contribution < 1.29 is 0 Å². The highest BCUT2D eigenvalue weighted by molar-refractivity contribution is 5.52. The fraction of sp³-hybridized carbons (Fsp3) is 0.538. The molecule has 1 N–H and O–H groups in total. The summed E-state index contributed by atoms with van der Waals surface area (Å²) in [7, 11) is 2.16. The van der Waals surface area contributed by atoms with Crippen LogP contribution in [0.3, 0.4) is 0 Å². The second kappa shape index (κ2) is 5.76. The van der Waals surface area contributed by atoms with Gasteiger partial charge in [-0.25, -0.2) is 0 Å². The van der Waals surface area contributed by atoms with E-state index in [1.54, 1.807) is 0 Å². The average molecular weight is 206 g/mol. The van der Waals surface area contributed by atoms with Crippen LogP contribution in [0.1, 0.15) is 19.4 Å². The molecule has 0 heterocycles. The topological polar surface area (TPSA) is 15.3 Å². The third-order valence-electron chi connectivity index (χ3n) is 2.85. The van der Waals surface area contributed by atoms with Crippen molar-refractivity contribution in [2.75, 3.05) is 25.0 Å². The van der Waals surface area contributed by atoms with E-state index in [1.165, 1.54) is 11.3 Å². The summed E-state index contributed by atoms with van der Waals surface area (Å²) in [6.07, 6.45) is 0. The lowest BCUT2D eigenvalue weighted by Gasteiger charge is -2.28. The largest absolute Gasteiger partial charge is 0.370 e.